The molecule has 0 aromatic heterocycles. The third kappa shape index (κ3) is 1.85. The Kier molecular flexibility index (Phi) is 2.97. The van der Waals surface area contributed by atoms with Crippen molar-refractivity contribution in [2.45, 2.75) is 25.2 Å². The first kappa shape index (κ1) is 10.1. The first-order chi connectivity index (χ1) is 6.07. The third-order valence-electron chi connectivity index (χ3n) is 1.88. The highest BCUT2D eigenvalue weighted by molar-refractivity contribution is 5.79. The van der Waals surface area contributed by atoms with Crippen molar-refractivity contribution in [1.29, 1.82) is 0 Å². The number of hydrogen-bond donors (Lipinski definition) is 3. The molecule has 1 aliphatic heterocycles. The number of hydrogen-bond acceptors (Lipinski definition) is 5. The molecule has 6 heteroatoms. The van der Waals surface area contributed by atoms with Crippen LogP contribution in [-0.2, 0) is 4.79 Å². The van der Waals surface area contributed by atoms with Gasteiger partial charge >= 0.3 is 0 Å². The molecular formula is C7H12N2O4. The summed E-state index contributed by atoms with van der Waals surface area (Å²) < 4.78 is 0. The second-order valence-corrected chi connectivity index (χ2v) is 2.86. The van der Waals surface area contributed by atoms with Gasteiger partial charge in [-0.2, -0.15) is 5.10 Å². The Bertz CT molecular complexity index is 231. The molecule has 0 radical (unpaired) electrons. The maximum absolute atomic E-state index is 10.9. The zero-order valence-electron chi connectivity index (χ0n) is 7.16. The van der Waals surface area contributed by atoms with E-state index in [4.69, 9.17) is 5.11 Å². The van der Waals surface area contributed by atoms with Gasteiger partial charge in [-0.25, -0.2) is 5.01 Å². The SMILES string of the molecule is CC(=O)N1N=CC(O)C1C(O)CO. The Labute approximate surface area is 75.1 Å². The van der Waals surface area contributed by atoms with Gasteiger partial charge in [0.05, 0.1) is 12.8 Å². The van der Waals surface area contributed by atoms with Gasteiger partial charge in [0.25, 0.3) is 0 Å². The minimum atomic E-state index is -1.18. The van der Waals surface area contributed by atoms with Crippen LogP contribution in [0.15, 0.2) is 5.10 Å². The van der Waals surface area contributed by atoms with Crippen LogP contribution in [0.25, 0.3) is 0 Å². The number of aliphatic hydroxyl groups is 3. The molecule has 74 valence electrons. The molecule has 0 bridgehead atoms. The average Bonchev–Trinajstić information content (AvgIpc) is 2.46. The number of aliphatic hydroxyl groups excluding tert-OH is 3. The van der Waals surface area contributed by atoms with Crippen LogP contribution in [0.1, 0.15) is 6.92 Å². The fraction of sp³-hybridized carbons (Fsp3) is 0.714. The van der Waals surface area contributed by atoms with Gasteiger partial charge in [-0.15, -0.1) is 0 Å². The van der Waals surface area contributed by atoms with Crippen molar-refractivity contribution in [2.75, 3.05) is 6.61 Å². The largest absolute Gasteiger partial charge is 0.394 e. The van der Waals surface area contributed by atoms with E-state index in [9.17, 15) is 15.0 Å². The van der Waals surface area contributed by atoms with E-state index in [0.717, 1.165) is 11.2 Å². The van der Waals surface area contributed by atoms with Gasteiger partial charge in [0.1, 0.15) is 18.2 Å². The number of rotatable bonds is 2. The molecule has 3 atom stereocenters. The molecule has 3 N–H and O–H groups in total. The summed E-state index contributed by atoms with van der Waals surface area (Å²) in [6.07, 6.45) is -1.04. The van der Waals surface area contributed by atoms with E-state index in [-0.39, 0.29) is 5.91 Å². The highest BCUT2D eigenvalue weighted by Gasteiger charge is 2.37. The summed E-state index contributed by atoms with van der Waals surface area (Å²) in [5.74, 6) is -0.384. The topological polar surface area (TPSA) is 93.4 Å². The van der Waals surface area contributed by atoms with Gasteiger partial charge in [0, 0.05) is 6.92 Å². The summed E-state index contributed by atoms with van der Waals surface area (Å²) in [5, 5.41) is 31.8. The fourth-order valence-electron chi connectivity index (χ4n) is 1.24. The molecule has 0 aromatic carbocycles. The van der Waals surface area contributed by atoms with E-state index in [2.05, 4.69) is 5.10 Å². The van der Waals surface area contributed by atoms with Gasteiger partial charge in [-0.1, -0.05) is 0 Å². The Morgan fingerprint density at radius 1 is 1.77 bits per heavy atom. The Hall–Kier alpha value is -0.980. The number of carbonyl (C=O) groups is 1. The Morgan fingerprint density at radius 2 is 2.38 bits per heavy atom. The summed E-state index contributed by atoms with van der Waals surface area (Å²) in [7, 11) is 0. The lowest BCUT2D eigenvalue weighted by molar-refractivity contribution is -0.135. The van der Waals surface area contributed by atoms with Crippen LogP contribution in [0.4, 0.5) is 0 Å². The van der Waals surface area contributed by atoms with Gasteiger partial charge < -0.3 is 15.3 Å². The number of amides is 1. The Morgan fingerprint density at radius 3 is 2.85 bits per heavy atom. The first-order valence-electron chi connectivity index (χ1n) is 3.89. The number of nitrogens with zero attached hydrogens (tertiary/aromatic N) is 2. The van der Waals surface area contributed by atoms with E-state index in [1.165, 1.54) is 6.92 Å². The second-order valence-electron chi connectivity index (χ2n) is 2.86. The minimum Gasteiger partial charge on any atom is -0.394 e. The number of carbonyl (C=O) groups excluding carboxylic acids is 1. The summed E-state index contributed by atoms with van der Waals surface area (Å²) in [5.41, 5.74) is 0. The van der Waals surface area contributed by atoms with Crippen molar-refractivity contribution < 1.29 is 20.1 Å². The average molecular weight is 188 g/mol. The third-order valence-corrected chi connectivity index (χ3v) is 1.88. The van der Waals surface area contributed by atoms with Gasteiger partial charge in [-0.3, -0.25) is 4.79 Å². The van der Waals surface area contributed by atoms with Crippen LogP contribution < -0.4 is 0 Å². The maximum Gasteiger partial charge on any atom is 0.239 e. The molecule has 1 rings (SSSR count). The van der Waals surface area contributed by atoms with Gasteiger partial charge in [0.2, 0.25) is 5.91 Å². The van der Waals surface area contributed by atoms with Gasteiger partial charge in [-0.05, 0) is 0 Å². The molecule has 1 amide bonds. The predicted octanol–water partition coefficient (Wildman–Crippen LogP) is -2.08. The van der Waals surface area contributed by atoms with Crippen LogP contribution >= 0.6 is 0 Å². The van der Waals surface area contributed by atoms with Crippen LogP contribution in [0.5, 0.6) is 0 Å². The van der Waals surface area contributed by atoms with E-state index >= 15 is 0 Å². The first-order valence-corrected chi connectivity index (χ1v) is 3.89. The quantitative estimate of drug-likeness (QED) is 0.463. The van der Waals surface area contributed by atoms with E-state index in [0.29, 0.717) is 0 Å². The lowest BCUT2D eigenvalue weighted by atomic mass is 10.1. The second kappa shape index (κ2) is 3.82. The maximum atomic E-state index is 10.9. The predicted molar refractivity (Wildman–Crippen MR) is 43.9 cm³/mol. The van der Waals surface area contributed by atoms with Crippen LogP contribution in [0, 0.1) is 0 Å². The molecule has 3 unspecified atom stereocenters. The highest BCUT2D eigenvalue weighted by Crippen LogP contribution is 2.15. The lowest BCUT2D eigenvalue weighted by Gasteiger charge is -2.25. The minimum absolute atomic E-state index is 0.384. The molecule has 0 saturated heterocycles. The molecule has 0 aromatic rings. The monoisotopic (exact) mass is 188 g/mol. The molecule has 13 heavy (non-hydrogen) atoms. The highest BCUT2D eigenvalue weighted by atomic mass is 16.3. The van der Waals surface area contributed by atoms with E-state index in [1.807, 2.05) is 0 Å². The molecule has 6 nitrogen and oxygen atoms in total. The summed E-state index contributed by atoms with van der Waals surface area (Å²) >= 11 is 0. The van der Waals surface area contributed by atoms with Crippen LogP contribution in [0.3, 0.4) is 0 Å². The Balaban J connectivity index is 2.75. The van der Waals surface area contributed by atoms with Crippen molar-refractivity contribution in [1.82, 2.24) is 5.01 Å². The van der Waals surface area contributed by atoms with Crippen molar-refractivity contribution in [2.24, 2.45) is 5.10 Å². The summed E-state index contributed by atoms with van der Waals surface area (Å²) in [4.78, 5) is 10.9. The van der Waals surface area contributed by atoms with Crippen LogP contribution in [0.2, 0.25) is 0 Å². The van der Waals surface area contributed by atoms with Gasteiger partial charge in [0.15, 0.2) is 0 Å². The lowest BCUT2D eigenvalue weighted by Crippen LogP contribution is -2.48. The summed E-state index contributed by atoms with van der Waals surface area (Å²) in [6.45, 7) is 0.751. The molecule has 0 saturated carbocycles. The molecule has 1 heterocycles. The molecule has 1 aliphatic rings. The molecular weight excluding hydrogens is 176 g/mol. The van der Waals surface area contributed by atoms with E-state index in [1.54, 1.807) is 0 Å². The standard InChI is InChI=1S/C7H12N2O4/c1-4(11)9-7(6(13)3-10)5(12)2-8-9/h2,5-7,10,12-13H,3H2,1H3. The smallest absolute Gasteiger partial charge is 0.239 e. The normalized spacial score (nSPS) is 29.4. The molecule has 0 aliphatic carbocycles. The van der Waals surface area contributed by atoms with Crippen molar-refractivity contribution in [3.63, 3.8) is 0 Å². The van der Waals surface area contributed by atoms with E-state index < -0.39 is 24.9 Å². The number of hydrazone groups is 1. The van der Waals surface area contributed by atoms with Crippen molar-refractivity contribution in [3.05, 3.63) is 0 Å². The molecule has 0 fully saturated rings. The van der Waals surface area contributed by atoms with Crippen molar-refractivity contribution >= 4 is 12.1 Å². The molecule has 0 spiro atoms. The van der Waals surface area contributed by atoms with Crippen molar-refractivity contribution in [3.8, 4) is 0 Å². The summed E-state index contributed by atoms with van der Waals surface area (Å²) in [6, 6.07) is -0.873. The fourth-order valence-corrected chi connectivity index (χ4v) is 1.24. The van der Waals surface area contributed by atoms with Crippen LogP contribution in [-0.4, -0.2) is 57.3 Å². The zero-order chi connectivity index (χ0) is 10.0. The zero-order valence-corrected chi connectivity index (χ0v) is 7.16.